The number of aromatic nitrogens is 2. The molecule has 1 aromatic heterocycles. The quantitative estimate of drug-likeness (QED) is 0.756. The van der Waals surface area contributed by atoms with Crippen LogP contribution in [0.5, 0.6) is 5.75 Å². The lowest BCUT2D eigenvalue weighted by Gasteiger charge is -2.32. The van der Waals surface area contributed by atoms with E-state index in [0.717, 1.165) is 5.46 Å². The highest BCUT2D eigenvalue weighted by Crippen LogP contribution is 2.36. The minimum atomic E-state index is -0.530. The Morgan fingerprint density at radius 2 is 1.79 bits per heavy atom. The van der Waals surface area contributed by atoms with Crippen LogP contribution < -0.4 is 10.2 Å². The molecule has 0 saturated carbocycles. The number of nitrogens with zero attached hydrogens (tertiary/aromatic N) is 3. The summed E-state index contributed by atoms with van der Waals surface area (Å²) in [5.41, 5.74) is 0.413. The van der Waals surface area contributed by atoms with Crippen LogP contribution in [0.15, 0.2) is 36.7 Å². The highest BCUT2D eigenvalue weighted by atomic mass is 16.7. The number of fused-ring (bicyclic) bond motifs is 1. The molecule has 0 atom stereocenters. The van der Waals surface area contributed by atoms with E-state index in [2.05, 4.69) is 9.97 Å². The maximum absolute atomic E-state index is 13.2. The molecule has 2 aromatic rings. The van der Waals surface area contributed by atoms with Gasteiger partial charge >= 0.3 is 7.12 Å². The third kappa shape index (κ3) is 3.38. The van der Waals surface area contributed by atoms with Gasteiger partial charge in [0.1, 0.15) is 18.2 Å². The van der Waals surface area contributed by atoms with E-state index < -0.39 is 18.3 Å². The zero-order chi connectivity index (χ0) is 19.9. The van der Waals surface area contributed by atoms with Crippen molar-refractivity contribution in [2.75, 3.05) is 13.2 Å². The van der Waals surface area contributed by atoms with E-state index in [1.165, 1.54) is 0 Å². The van der Waals surface area contributed by atoms with Crippen LogP contribution in [-0.2, 0) is 15.9 Å². The van der Waals surface area contributed by atoms with Crippen LogP contribution in [-0.4, -0.2) is 52.2 Å². The lowest BCUT2D eigenvalue weighted by molar-refractivity contribution is 0.00578. The molecule has 1 saturated heterocycles. The summed E-state index contributed by atoms with van der Waals surface area (Å²) < 4.78 is 18.0. The second kappa shape index (κ2) is 6.86. The van der Waals surface area contributed by atoms with Crippen molar-refractivity contribution >= 4 is 18.5 Å². The molecule has 0 unspecified atom stereocenters. The zero-order valence-electron chi connectivity index (χ0n) is 16.6. The van der Waals surface area contributed by atoms with Gasteiger partial charge in [-0.25, -0.2) is 9.97 Å². The van der Waals surface area contributed by atoms with Gasteiger partial charge in [-0.1, -0.05) is 6.07 Å². The predicted molar refractivity (Wildman–Crippen MR) is 104 cm³/mol. The van der Waals surface area contributed by atoms with Crippen LogP contribution in [0.25, 0.3) is 0 Å². The molecule has 0 aliphatic carbocycles. The van der Waals surface area contributed by atoms with E-state index in [4.69, 9.17) is 14.0 Å². The Labute approximate surface area is 165 Å². The van der Waals surface area contributed by atoms with Gasteiger partial charge in [0.2, 0.25) is 0 Å². The summed E-state index contributed by atoms with van der Waals surface area (Å²) in [6.07, 6.45) is 3.34. The largest absolute Gasteiger partial charge is 0.494 e. The average Bonchev–Trinajstić information content (AvgIpc) is 2.78. The van der Waals surface area contributed by atoms with Crippen molar-refractivity contribution in [3.8, 4) is 5.75 Å². The summed E-state index contributed by atoms with van der Waals surface area (Å²) in [5, 5.41) is 0. The molecule has 0 bridgehead atoms. The third-order valence-electron chi connectivity index (χ3n) is 5.62. The standard InChI is InChI=1S/C20H24BN3O4/c1-19(2)20(3,4)28-21(27-19)14-6-7-16-15(12-14)18(25)24(10-11-26-16)13-17-22-8-5-9-23-17/h5-9,12H,10-11,13H2,1-4H3. The number of hydrogen-bond donors (Lipinski definition) is 0. The number of benzene rings is 1. The van der Waals surface area contributed by atoms with E-state index in [1.807, 2.05) is 45.9 Å². The van der Waals surface area contributed by atoms with Crippen molar-refractivity contribution in [2.45, 2.75) is 45.4 Å². The van der Waals surface area contributed by atoms with Gasteiger partial charge in [0.15, 0.2) is 0 Å². The monoisotopic (exact) mass is 381 g/mol. The first kappa shape index (κ1) is 18.9. The minimum Gasteiger partial charge on any atom is -0.491 e. The second-order valence-electron chi connectivity index (χ2n) is 8.08. The van der Waals surface area contributed by atoms with E-state index >= 15 is 0 Å². The number of carbonyl (C=O) groups is 1. The summed E-state index contributed by atoms with van der Waals surface area (Å²) in [4.78, 5) is 23.3. The Balaban J connectivity index is 1.61. The van der Waals surface area contributed by atoms with Crippen molar-refractivity contribution in [1.82, 2.24) is 14.9 Å². The molecule has 8 heteroatoms. The molecule has 146 valence electrons. The third-order valence-corrected chi connectivity index (χ3v) is 5.62. The van der Waals surface area contributed by atoms with Gasteiger partial charge in [0.05, 0.1) is 29.9 Å². The fraction of sp³-hybridized carbons (Fsp3) is 0.450. The van der Waals surface area contributed by atoms with Gasteiger partial charge in [-0.3, -0.25) is 4.79 Å². The highest BCUT2D eigenvalue weighted by Gasteiger charge is 2.51. The Kier molecular flexibility index (Phi) is 4.63. The van der Waals surface area contributed by atoms with Crippen LogP contribution in [0.1, 0.15) is 43.9 Å². The SMILES string of the molecule is CC1(C)OB(c2ccc3c(c2)C(=O)N(Cc2ncccn2)CCO3)OC1(C)C. The number of carbonyl (C=O) groups excluding carboxylic acids is 1. The summed E-state index contributed by atoms with van der Waals surface area (Å²) in [5.74, 6) is 1.06. The zero-order valence-corrected chi connectivity index (χ0v) is 16.6. The normalized spacial score (nSPS) is 20.5. The first-order valence-corrected chi connectivity index (χ1v) is 9.44. The Hall–Kier alpha value is -2.45. The fourth-order valence-electron chi connectivity index (χ4n) is 3.24. The van der Waals surface area contributed by atoms with Crippen LogP contribution in [0.3, 0.4) is 0 Å². The lowest BCUT2D eigenvalue weighted by Crippen LogP contribution is -2.41. The predicted octanol–water partition coefficient (Wildman–Crippen LogP) is 1.81. The van der Waals surface area contributed by atoms with Crippen molar-refractivity contribution in [1.29, 1.82) is 0 Å². The van der Waals surface area contributed by atoms with Gasteiger partial charge in [-0.2, -0.15) is 0 Å². The van der Waals surface area contributed by atoms with E-state index in [9.17, 15) is 4.79 Å². The molecule has 1 fully saturated rings. The van der Waals surface area contributed by atoms with E-state index in [-0.39, 0.29) is 5.91 Å². The number of rotatable bonds is 3. The molecule has 7 nitrogen and oxygen atoms in total. The molecule has 2 aliphatic heterocycles. The van der Waals surface area contributed by atoms with Crippen LogP contribution in [0, 0.1) is 0 Å². The molecular formula is C20H24BN3O4. The maximum Gasteiger partial charge on any atom is 0.494 e. The van der Waals surface area contributed by atoms with Gasteiger partial charge in [0, 0.05) is 12.4 Å². The Bertz CT molecular complexity index is 872. The van der Waals surface area contributed by atoms with Crippen molar-refractivity contribution in [3.63, 3.8) is 0 Å². The first-order valence-electron chi connectivity index (χ1n) is 9.44. The van der Waals surface area contributed by atoms with E-state index in [1.54, 1.807) is 23.4 Å². The molecule has 0 N–H and O–H groups in total. The van der Waals surface area contributed by atoms with Gasteiger partial charge in [-0.05, 0) is 51.4 Å². The molecule has 0 radical (unpaired) electrons. The smallest absolute Gasteiger partial charge is 0.491 e. The van der Waals surface area contributed by atoms with Crippen LogP contribution >= 0.6 is 0 Å². The summed E-state index contributed by atoms with van der Waals surface area (Å²) >= 11 is 0. The lowest BCUT2D eigenvalue weighted by atomic mass is 9.78. The highest BCUT2D eigenvalue weighted by molar-refractivity contribution is 6.62. The number of amides is 1. The first-order chi connectivity index (χ1) is 13.3. The fourth-order valence-corrected chi connectivity index (χ4v) is 3.24. The molecule has 28 heavy (non-hydrogen) atoms. The van der Waals surface area contributed by atoms with Crippen molar-refractivity contribution in [2.24, 2.45) is 0 Å². The summed E-state index contributed by atoms with van der Waals surface area (Å²) in [6.45, 7) is 9.25. The second-order valence-corrected chi connectivity index (χ2v) is 8.08. The Morgan fingerprint density at radius 1 is 1.11 bits per heavy atom. The van der Waals surface area contributed by atoms with Gasteiger partial charge in [-0.15, -0.1) is 0 Å². The molecular weight excluding hydrogens is 357 g/mol. The van der Waals surface area contributed by atoms with Crippen molar-refractivity contribution < 1.29 is 18.8 Å². The van der Waals surface area contributed by atoms with Gasteiger partial charge in [0.25, 0.3) is 5.91 Å². The molecule has 2 aliphatic rings. The summed E-state index contributed by atoms with van der Waals surface area (Å²) in [7, 11) is -0.530. The summed E-state index contributed by atoms with van der Waals surface area (Å²) in [6, 6.07) is 7.27. The maximum atomic E-state index is 13.2. The number of ether oxygens (including phenoxy) is 1. The molecule has 4 rings (SSSR count). The van der Waals surface area contributed by atoms with Gasteiger partial charge < -0.3 is 18.9 Å². The molecule has 3 heterocycles. The average molecular weight is 381 g/mol. The Morgan fingerprint density at radius 3 is 2.46 bits per heavy atom. The topological polar surface area (TPSA) is 73.8 Å². The molecule has 0 spiro atoms. The van der Waals surface area contributed by atoms with Crippen LogP contribution in [0.2, 0.25) is 0 Å². The molecule has 1 amide bonds. The van der Waals surface area contributed by atoms with Crippen molar-refractivity contribution in [3.05, 3.63) is 48.0 Å². The van der Waals surface area contributed by atoms with E-state index in [0.29, 0.717) is 36.8 Å². The number of hydrogen-bond acceptors (Lipinski definition) is 6. The van der Waals surface area contributed by atoms with Crippen LogP contribution in [0.4, 0.5) is 0 Å². The molecule has 1 aromatic carbocycles. The minimum absolute atomic E-state index is 0.113.